The Morgan fingerprint density at radius 2 is 1.77 bits per heavy atom. The van der Waals surface area contributed by atoms with Gasteiger partial charge in [0, 0.05) is 48.2 Å². The van der Waals surface area contributed by atoms with Gasteiger partial charge < -0.3 is 0 Å². The van der Waals surface area contributed by atoms with Crippen LogP contribution >= 0.6 is 11.8 Å². The van der Waals surface area contributed by atoms with Crippen molar-refractivity contribution >= 4 is 34.5 Å². The Kier molecular flexibility index (Phi) is 6.46. The molecule has 35 heavy (non-hydrogen) atoms. The monoisotopic (exact) mass is 483 g/mol. The summed E-state index contributed by atoms with van der Waals surface area (Å²) in [6, 6.07) is 18.4. The third kappa shape index (κ3) is 4.61. The summed E-state index contributed by atoms with van der Waals surface area (Å²) >= 11 is 1.48. The number of thioether (sulfide) groups is 1. The lowest BCUT2D eigenvalue weighted by atomic mass is 10.0. The summed E-state index contributed by atoms with van der Waals surface area (Å²) in [4.78, 5) is 30.1. The van der Waals surface area contributed by atoms with Gasteiger partial charge in [0.15, 0.2) is 11.0 Å². The standard InChI is InChI=1S/C27H25N5O2S/c1-3-14-32-26(29-30-27(32)35-16-15-31-24(33)12-13-25(31)34)21-17-23(19-10-8-18(2)9-11-19)28-22-7-5-4-6-20(21)22/h3-11,17H,1,12-16H2,2H3. The third-order valence-electron chi connectivity index (χ3n) is 6.03. The smallest absolute Gasteiger partial charge is 0.229 e. The van der Waals surface area contributed by atoms with Crippen LogP contribution in [0.2, 0.25) is 0 Å². The molecule has 1 saturated heterocycles. The van der Waals surface area contributed by atoms with Crippen molar-refractivity contribution in [3.63, 3.8) is 0 Å². The number of rotatable bonds is 8. The van der Waals surface area contributed by atoms with Crippen molar-refractivity contribution in [2.45, 2.75) is 31.5 Å². The molecular weight excluding hydrogens is 458 g/mol. The van der Waals surface area contributed by atoms with Crippen molar-refractivity contribution in [3.8, 4) is 22.6 Å². The Labute approximate surface area is 207 Å². The molecule has 0 spiro atoms. The van der Waals surface area contributed by atoms with Crippen LogP contribution in [0.4, 0.5) is 0 Å². The van der Waals surface area contributed by atoms with Gasteiger partial charge in [-0.2, -0.15) is 0 Å². The molecule has 1 fully saturated rings. The maximum atomic E-state index is 11.9. The number of carbonyl (C=O) groups is 2. The van der Waals surface area contributed by atoms with Crippen molar-refractivity contribution in [1.29, 1.82) is 0 Å². The molecule has 0 unspecified atom stereocenters. The Bertz CT molecular complexity index is 1410. The lowest BCUT2D eigenvalue weighted by Gasteiger charge is -2.14. The predicted octanol–water partition coefficient (Wildman–Crippen LogP) is 4.90. The molecule has 0 aliphatic carbocycles. The van der Waals surface area contributed by atoms with E-state index in [0.717, 1.165) is 38.7 Å². The molecule has 0 atom stereocenters. The number of amides is 2. The van der Waals surface area contributed by atoms with E-state index in [-0.39, 0.29) is 11.8 Å². The summed E-state index contributed by atoms with van der Waals surface area (Å²) in [6.45, 7) is 6.88. The molecule has 2 aromatic carbocycles. The minimum absolute atomic E-state index is 0.101. The van der Waals surface area contributed by atoms with Crippen LogP contribution in [0.1, 0.15) is 18.4 Å². The first-order valence-corrected chi connectivity index (χ1v) is 12.5. The molecule has 0 N–H and O–H groups in total. The summed E-state index contributed by atoms with van der Waals surface area (Å²) in [5, 5.41) is 10.7. The van der Waals surface area contributed by atoms with Crippen LogP contribution in [0, 0.1) is 6.92 Å². The minimum atomic E-state index is -0.101. The second kappa shape index (κ2) is 9.84. The van der Waals surface area contributed by atoms with Gasteiger partial charge in [0.05, 0.1) is 11.2 Å². The number of imide groups is 1. The number of carbonyl (C=O) groups excluding carboxylic acids is 2. The lowest BCUT2D eigenvalue weighted by Crippen LogP contribution is -2.31. The van der Waals surface area contributed by atoms with Gasteiger partial charge in [-0.15, -0.1) is 16.8 Å². The van der Waals surface area contributed by atoms with E-state index in [9.17, 15) is 9.59 Å². The Morgan fingerprint density at radius 3 is 2.51 bits per heavy atom. The molecule has 7 nitrogen and oxygen atoms in total. The Balaban J connectivity index is 1.52. The van der Waals surface area contributed by atoms with E-state index >= 15 is 0 Å². The highest BCUT2D eigenvalue weighted by Crippen LogP contribution is 2.33. The van der Waals surface area contributed by atoms with E-state index in [2.05, 4.69) is 54.0 Å². The zero-order valence-corrected chi connectivity index (χ0v) is 20.3. The number of fused-ring (bicyclic) bond motifs is 1. The molecule has 8 heteroatoms. The molecule has 0 saturated carbocycles. The summed E-state index contributed by atoms with van der Waals surface area (Å²) in [5.41, 5.74) is 4.92. The molecule has 2 aromatic heterocycles. The summed E-state index contributed by atoms with van der Waals surface area (Å²) in [7, 11) is 0. The van der Waals surface area contributed by atoms with Gasteiger partial charge in [0.1, 0.15) is 0 Å². The quantitative estimate of drug-likeness (QED) is 0.202. The van der Waals surface area contributed by atoms with Crippen LogP contribution in [-0.4, -0.2) is 48.8 Å². The maximum Gasteiger partial charge on any atom is 0.229 e. The topological polar surface area (TPSA) is 81.0 Å². The number of hydrogen-bond donors (Lipinski definition) is 0. The van der Waals surface area contributed by atoms with Crippen LogP contribution < -0.4 is 0 Å². The fraction of sp³-hybridized carbons (Fsp3) is 0.222. The molecule has 0 radical (unpaired) electrons. The van der Waals surface area contributed by atoms with Crippen LogP contribution in [0.15, 0.2) is 72.4 Å². The van der Waals surface area contributed by atoms with E-state index in [1.807, 2.05) is 34.9 Å². The molecule has 5 rings (SSSR count). The molecule has 4 aromatic rings. The molecule has 1 aliphatic heterocycles. The highest BCUT2D eigenvalue weighted by Gasteiger charge is 2.28. The van der Waals surface area contributed by atoms with Gasteiger partial charge in [0.2, 0.25) is 11.8 Å². The highest BCUT2D eigenvalue weighted by molar-refractivity contribution is 7.99. The van der Waals surface area contributed by atoms with E-state index in [1.54, 1.807) is 0 Å². The van der Waals surface area contributed by atoms with Crippen molar-refractivity contribution in [3.05, 3.63) is 72.8 Å². The zero-order valence-electron chi connectivity index (χ0n) is 19.5. The molecule has 1 aliphatic rings. The van der Waals surface area contributed by atoms with Gasteiger partial charge >= 0.3 is 0 Å². The average molecular weight is 484 g/mol. The lowest BCUT2D eigenvalue weighted by molar-refractivity contribution is -0.137. The normalized spacial score (nSPS) is 13.7. The zero-order chi connectivity index (χ0) is 24.4. The van der Waals surface area contributed by atoms with Gasteiger partial charge in [0.25, 0.3) is 0 Å². The number of aryl methyl sites for hydroxylation is 1. The van der Waals surface area contributed by atoms with Crippen molar-refractivity contribution < 1.29 is 9.59 Å². The van der Waals surface area contributed by atoms with Gasteiger partial charge in [-0.1, -0.05) is 65.9 Å². The summed E-state index contributed by atoms with van der Waals surface area (Å²) in [6.07, 6.45) is 2.42. The SMILES string of the molecule is C=CCn1c(SCCN2C(=O)CCC2=O)nnc1-c1cc(-c2ccc(C)cc2)nc2ccccc12. The van der Waals surface area contributed by atoms with E-state index in [1.165, 1.54) is 22.2 Å². The maximum absolute atomic E-state index is 11.9. The molecule has 176 valence electrons. The Hall–Kier alpha value is -3.78. The third-order valence-corrected chi connectivity index (χ3v) is 6.98. The van der Waals surface area contributed by atoms with E-state index in [0.29, 0.717) is 31.7 Å². The number of likely N-dealkylation sites (tertiary alicyclic amines) is 1. The first-order valence-electron chi connectivity index (χ1n) is 11.5. The largest absolute Gasteiger partial charge is 0.298 e. The summed E-state index contributed by atoms with van der Waals surface area (Å²) in [5.74, 6) is 1.08. The molecule has 2 amide bonds. The number of benzene rings is 2. The fourth-order valence-corrected chi connectivity index (χ4v) is 5.09. The van der Waals surface area contributed by atoms with Crippen LogP contribution in [0.5, 0.6) is 0 Å². The first-order chi connectivity index (χ1) is 17.0. The molecule has 3 heterocycles. The number of para-hydroxylation sites is 1. The van der Waals surface area contributed by atoms with Crippen molar-refractivity contribution in [2.24, 2.45) is 0 Å². The van der Waals surface area contributed by atoms with Gasteiger partial charge in [-0.25, -0.2) is 4.98 Å². The molecular formula is C27H25N5O2S. The van der Waals surface area contributed by atoms with Crippen LogP contribution in [0.25, 0.3) is 33.5 Å². The number of allylic oxidation sites excluding steroid dienone is 1. The van der Waals surface area contributed by atoms with E-state index in [4.69, 9.17) is 4.98 Å². The second-order valence-electron chi connectivity index (χ2n) is 8.43. The predicted molar refractivity (Wildman–Crippen MR) is 138 cm³/mol. The number of hydrogen-bond acceptors (Lipinski definition) is 6. The highest BCUT2D eigenvalue weighted by atomic mass is 32.2. The summed E-state index contributed by atoms with van der Waals surface area (Å²) < 4.78 is 2.02. The van der Waals surface area contributed by atoms with Gasteiger partial charge in [-0.05, 0) is 19.1 Å². The molecule has 0 bridgehead atoms. The number of nitrogens with zero attached hydrogens (tertiary/aromatic N) is 5. The first kappa shape index (κ1) is 23.0. The number of aromatic nitrogens is 4. The average Bonchev–Trinajstić information content (AvgIpc) is 3.41. The fourth-order valence-electron chi connectivity index (χ4n) is 4.22. The van der Waals surface area contributed by atoms with E-state index < -0.39 is 0 Å². The van der Waals surface area contributed by atoms with Crippen molar-refractivity contribution in [1.82, 2.24) is 24.6 Å². The van der Waals surface area contributed by atoms with Crippen LogP contribution in [0.3, 0.4) is 0 Å². The number of pyridine rings is 1. The minimum Gasteiger partial charge on any atom is -0.298 e. The van der Waals surface area contributed by atoms with Crippen LogP contribution in [-0.2, 0) is 16.1 Å². The van der Waals surface area contributed by atoms with Gasteiger partial charge in [-0.3, -0.25) is 19.1 Å². The van der Waals surface area contributed by atoms with Crippen molar-refractivity contribution in [2.75, 3.05) is 12.3 Å². The second-order valence-corrected chi connectivity index (χ2v) is 9.49. The Morgan fingerprint density at radius 1 is 1.03 bits per heavy atom.